The van der Waals surface area contributed by atoms with Gasteiger partial charge < -0.3 is 10.6 Å². The van der Waals surface area contributed by atoms with Crippen molar-refractivity contribution in [2.75, 3.05) is 11.9 Å². The molecule has 2 rings (SSSR count). The second-order valence-electron chi connectivity index (χ2n) is 6.07. The molecule has 2 N–H and O–H groups in total. The Morgan fingerprint density at radius 2 is 2.11 bits per heavy atom. The first-order valence-corrected chi connectivity index (χ1v) is 7.46. The fraction of sp³-hybridized carbons (Fsp3) is 0.800. The summed E-state index contributed by atoms with van der Waals surface area (Å²) < 4.78 is 2.02. The molecule has 1 fully saturated rings. The molecule has 1 heterocycles. The lowest BCUT2D eigenvalue weighted by atomic mass is 10.0. The zero-order valence-electron chi connectivity index (χ0n) is 13.0. The van der Waals surface area contributed by atoms with Gasteiger partial charge in [0.15, 0.2) is 0 Å². The van der Waals surface area contributed by atoms with Gasteiger partial charge in [-0.2, -0.15) is 5.10 Å². The molecule has 0 aliphatic heterocycles. The molecule has 0 spiro atoms. The molecule has 19 heavy (non-hydrogen) atoms. The Morgan fingerprint density at radius 3 is 2.63 bits per heavy atom. The summed E-state index contributed by atoms with van der Waals surface area (Å²) in [6.45, 7) is 6.56. The average molecular weight is 264 g/mol. The highest BCUT2D eigenvalue weighted by Gasteiger charge is 2.32. The Morgan fingerprint density at radius 1 is 1.47 bits per heavy atom. The van der Waals surface area contributed by atoms with E-state index < -0.39 is 0 Å². The Hall–Kier alpha value is -1.03. The van der Waals surface area contributed by atoms with E-state index in [-0.39, 0.29) is 6.04 Å². The lowest BCUT2D eigenvalue weighted by Crippen LogP contribution is -2.33. The van der Waals surface area contributed by atoms with Crippen molar-refractivity contribution in [1.29, 1.82) is 0 Å². The third kappa shape index (κ3) is 2.94. The Balaban J connectivity index is 2.26. The summed E-state index contributed by atoms with van der Waals surface area (Å²) >= 11 is 0. The van der Waals surface area contributed by atoms with Gasteiger partial charge in [0.05, 0.1) is 5.69 Å². The van der Waals surface area contributed by atoms with Crippen LogP contribution >= 0.6 is 0 Å². The smallest absolute Gasteiger partial charge is 0.130 e. The normalized spacial score (nSPS) is 18.4. The zero-order valence-corrected chi connectivity index (χ0v) is 13.0. The van der Waals surface area contributed by atoms with E-state index in [9.17, 15) is 0 Å². The van der Waals surface area contributed by atoms with E-state index in [2.05, 4.69) is 37.8 Å². The summed E-state index contributed by atoms with van der Waals surface area (Å²) in [6, 6.07) is 0.817. The Bertz CT molecular complexity index is 434. The number of anilines is 1. The topological polar surface area (TPSA) is 47.1 Å². The first kappa shape index (κ1) is 14.4. The summed E-state index contributed by atoms with van der Waals surface area (Å²) in [4.78, 5) is 2.40. The third-order valence-corrected chi connectivity index (χ3v) is 4.55. The molecule has 0 bridgehead atoms. The highest BCUT2D eigenvalue weighted by atomic mass is 15.4. The van der Waals surface area contributed by atoms with E-state index in [1.54, 1.807) is 0 Å². The summed E-state index contributed by atoms with van der Waals surface area (Å²) in [5.41, 5.74) is 8.59. The second-order valence-corrected chi connectivity index (χ2v) is 6.07. The average Bonchev–Trinajstić information content (AvgIpc) is 3.16. The van der Waals surface area contributed by atoms with Crippen LogP contribution in [-0.4, -0.2) is 28.9 Å². The number of aromatic nitrogens is 2. The number of hydrogen-bond acceptors (Lipinski definition) is 3. The van der Waals surface area contributed by atoms with Crippen LogP contribution in [0.25, 0.3) is 0 Å². The maximum Gasteiger partial charge on any atom is 0.130 e. The van der Waals surface area contributed by atoms with Crippen LogP contribution in [0.3, 0.4) is 0 Å². The van der Waals surface area contributed by atoms with E-state index in [0.29, 0.717) is 6.04 Å². The Kier molecular flexibility index (Phi) is 4.19. The van der Waals surface area contributed by atoms with E-state index in [4.69, 9.17) is 5.73 Å². The molecule has 0 amide bonds. The number of nitrogens with zero attached hydrogens (tertiary/aromatic N) is 3. The lowest BCUT2D eigenvalue weighted by molar-refractivity contribution is 0.581. The van der Waals surface area contributed by atoms with Crippen LogP contribution in [0, 0.1) is 12.8 Å². The minimum atomic E-state index is 0.228. The van der Waals surface area contributed by atoms with Gasteiger partial charge in [0.2, 0.25) is 0 Å². The van der Waals surface area contributed by atoms with Gasteiger partial charge in [0.25, 0.3) is 0 Å². The van der Waals surface area contributed by atoms with Gasteiger partial charge in [-0.15, -0.1) is 0 Å². The molecule has 0 aromatic carbocycles. The van der Waals surface area contributed by atoms with Crippen LogP contribution in [0.15, 0.2) is 0 Å². The summed E-state index contributed by atoms with van der Waals surface area (Å²) in [7, 11) is 4.24. The highest BCUT2D eigenvalue weighted by molar-refractivity contribution is 5.51. The molecule has 1 aliphatic carbocycles. The van der Waals surface area contributed by atoms with Gasteiger partial charge in [-0.05, 0) is 45.4 Å². The molecule has 0 saturated heterocycles. The quantitative estimate of drug-likeness (QED) is 0.857. The van der Waals surface area contributed by atoms with Gasteiger partial charge in [0, 0.05) is 31.7 Å². The molecule has 1 saturated carbocycles. The second kappa shape index (κ2) is 5.53. The van der Waals surface area contributed by atoms with Gasteiger partial charge in [-0.1, -0.05) is 6.92 Å². The molecular weight excluding hydrogens is 236 g/mol. The van der Waals surface area contributed by atoms with Crippen molar-refractivity contribution in [1.82, 2.24) is 9.78 Å². The predicted molar refractivity (Wildman–Crippen MR) is 80.5 cm³/mol. The Labute approximate surface area is 117 Å². The third-order valence-electron chi connectivity index (χ3n) is 4.55. The molecular formula is C15H28N4. The van der Waals surface area contributed by atoms with Crippen LogP contribution in [-0.2, 0) is 13.5 Å². The monoisotopic (exact) mass is 264 g/mol. The molecule has 0 radical (unpaired) electrons. The maximum atomic E-state index is 6.14. The number of nitrogens with two attached hydrogens (primary N) is 1. The highest BCUT2D eigenvalue weighted by Crippen LogP contribution is 2.37. The van der Waals surface area contributed by atoms with Crippen LogP contribution < -0.4 is 10.6 Å². The van der Waals surface area contributed by atoms with Crippen molar-refractivity contribution >= 4 is 5.82 Å². The van der Waals surface area contributed by atoms with Gasteiger partial charge in [-0.3, -0.25) is 4.68 Å². The minimum absolute atomic E-state index is 0.228. The summed E-state index contributed by atoms with van der Waals surface area (Å²) in [6.07, 6.45) is 4.67. The molecule has 1 aromatic heterocycles. The van der Waals surface area contributed by atoms with Crippen molar-refractivity contribution in [3.05, 3.63) is 11.3 Å². The van der Waals surface area contributed by atoms with Crippen molar-refractivity contribution in [2.24, 2.45) is 18.7 Å². The number of hydrogen-bond donors (Lipinski definition) is 1. The lowest BCUT2D eigenvalue weighted by Gasteiger charge is -2.28. The van der Waals surface area contributed by atoms with Crippen molar-refractivity contribution in [2.45, 2.75) is 58.5 Å². The maximum absolute atomic E-state index is 6.14. The SMILES string of the molecule is CCC(N)Cc1c(C)nn(C)c1N(C)C(C)C1CC1. The summed E-state index contributed by atoms with van der Waals surface area (Å²) in [5.74, 6) is 2.11. The van der Waals surface area contributed by atoms with E-state index in [1.165, 1.54) is 24.2 Å². The first-order valence-electron chi connectivity index (χ1n) is 7.46. The van der Waals surface area contributed by atoms with E-state index in [0.717, 1.165) is 24.5 Å². The van der Waals surface area contributed by atoms with Gasteiger partial charge in [0.1, 0.15) is 5.82 Å². The fourth-order valence-corrected chi connectivity index (χ4v) is 2.86. The molecule has 1 aliphatic rings. The molecule has 108 valence electrons. The predicted octanol–water partition coefficient (Wildman–Crippen LogP) is 2.24. The van der Waals surface area contributed by atoms with Crippen LogP contribution in [0.4, 0.5) is 5.82 Å². The van der Waals surface area contributed by atoms with Gasteiger partial charge in [-0.25, -0.2) is 0 Å². The zero-order chi connectivity index (χ0) is 14.2. The summed E-state index contributed by atoms with van der Waals surface area (Å²) in [5, 5.41) is 4.60. The standard InChI is InChI=1S/C15H28N4/c1-6-13(16)9-14-10(2)17-19(5)15(14)18(4)11(3)12-7-8-12/h11-13H,6-9,16H2,1-5H3. The van der Waals surface area contributed by atoms with Crippen molar-refractivity contribution in [3.63, 3.8) is 0 Å². The molecule has 2 atom stereocenters. The van der Waals surface area contributed by atoms with Crippen LogP contribution in [0.2, 0.25) is 0 Å². The first-order chi connectivity index (χ1) is 8.95. The van der Waals surface area contributed by atoms with E-state index in [1.807, 2.05) is 11.7 Å². The molecule has 2 unspecified atom stereocenters. The molecule has 4 heteroatoms. The van der Waals surface area contributed by atoms with Crippen LogP contribution in [0.5, 0.6) is 0 Å². The minimum Gasteiger partial charge on any atom is -0.357 e. The number of rotatable bonds is 6. The fourth-order valence-electron chi connectivity index (χ4n) is 2.86. The van der Waals surface area contributed by atoms with Crippen LogP contribution in [0.1, 0.15) is 44.4 Å². The van der Waals surface area contributed by atoms with Gasteiger partial charge >= 0.3 is 0 Å². The number of aryl methyl sites for hydroxylation is 2. The largest absolute Gasteiger partial charge is 0.357 e. The molecule has 4 nitrogen and oxygen atoms in total. The molecule has 1 aromatic rings. The van der Waals surface area contributed by atoms with Crippen molar-refractivity contribution in [3.8, 4) is 0 Å². The van der Waals surface area contributed by atoms with E-state index >= 15 is 0 Å². The van der Waals surface area contributed by atoms with Crippen molar-refractivity contribution < 1.29 is 0 Å².